The molecule has 0 fully saturated rings. The zero-order valence-corrected chi connectivity index (χ0v) is 15.1. The van der Waals surface area contributed by atoms with Gasteiger partial charge in [0.1, 0.15) is 5.82 Å². The number of rotatable bonds is 6. The van der Waals surface area contributed by atoms with Gasteiger partial charge < -0.3 is 10.6 Å². The molecule has 0 saturated carbocycles. The highest BCUT2D eigenvalue weighted by Gasteiger charge is 2.34. The number of pyridine rings is 1. The zero-order chi connectivity index (χ0) is 19.3. The molecule has 0 atom stereocenters. The fraction of sp³-hybridized carbons (Fsp3) is 0.333. The summed E-state index contributed by atoms with van der Waals surface area (Å²) in [5, 5.41) is 5.32. The van der Waals surface area contributed by atoms with Crippen molar-refractivity contribution in [1.29, 1.82) is 0 Å². The van der Waals surface area contributed by atoms with Crippen LogP contribution in [0, 0.1) is 5.92 Å². The lowest BCUT2D eigenvalue weighted by atomic mass is 10.1. The molecule has 140 valence electrons. The van der Waals surface area contributed by atoms with Crippen molar-refractivity contribution in [3.8, 4) is 0 Å². The molecule has 0 bridgehead atoms. The van der Waals surface area contributed by atoms with E-state index in [2.05, 4.69) is 29.5 Å². The number of benzene rings is 1. The predicted molar refractivity (Wildman–Crippen MR) is 96.6 cm³/mol. The lowest BCUT2D eigenvalue weighted by Crippen LogP contribution is -2.17. The second-order valence-electron chi connectivity index (χ2n) is 6.18. The SMILES string of the molecule is CC(C)CCNc1ccc(C(=O)Nc2ccc(Cl)cc2C(F)(F)F)cn1. The summed E-state index contributed by atoms with van der Waals surface area (Å²) in [4.78, 5) is 16.3. The Hall–Kier alpha value is -2.28. The van der Waals surface area contributed by atoms with Crippen LogP contribution in [-0.4, -0.2) is 17.4 Å². The van der Waals surface area contributed by atoms with E-state index < -0.39 is 17.6 Å². The predicted octanol–water partition coefficient (Wildman–Crippen LogP) is 5.46. The minimum absolute atomic E-state index is 0.0613. The van der Waals surface area contributed by atoms with Crippen molar-refractivity contribution < 1.29 is 18.0 Å². The first-order chi connectivity index (χ1) is 12.2. The second kappa shape index (κ2) is 8.40. The Kier molecular flexibility index (Phi) is 6.47. The highest BCUT2D eigenvalue weighted by atomic mass is 35.5. The van der Waals surface area contributed by atoms with Gasteiger partial charge in [0, 0.05) is 17.8 Å². The summed E-state index contributed by atoms with van der Waals surface area (Å²) < 4.78 is 39.2. The number of nitrogens with zero attached hydrogens (tertiary/aromatic N) is 1. The lowest BCUT2D eigenvalue weighted by Gasteiger charge is -2.14. The maximum atomic E-state index is 13.1. The Bertz CT molecular complexity index is 761. The number of hydrogen-bond donors (Lipinski definition) is 2. The average molecular weight is 386 g/mol. The van der Waals surface area contributed by atoms with Gasteiger partial charge in [-0.1, -0.05) is 25.4 Å². The van der Waals surface area contributed by atoms with Gasteiger partial charge in [0.05, 0.1) is 16.8 Å². The van der Waals surface area contributed by atoms with Crippen molar-refractivity contribution in [1.82, 2.24) is 4.98 Å². The third-order valence-electron chi connectivity index (χ3n) is 3.59. The van der Waals surface area contributed by atoms with Gasteiger partial charge in [0.25, 0.3) is 5.91 Å². The van der Waals surface area contributed by atoms with Crippen molar-refractivity contribution in [2.45, 2.75) is 26.4 Å². The summed E-state index contributed by atoms with van der Waals surface area (Å²) in [6.07, 6.45) is -2.34. The summed E-state index contributed by atoms with van der Waals surface area (Å²) in [5.41, 5.74) is -1.20. The van der Waals surface area contributed by atoms with Crippen molar-refractivity contribution in [2.75, 3.05) is 17.2 Å². The van der Waals surface area contributed by atoms with Crippen LogP contribution >= 0.6 is 11.6 Å². The molecule has 1 heterocycles. The highest BCUT2D eigenvalue weighted by molar-refractivity contribution is 6.30. The van der Waals surface area contributed by atoms with E-state index >= 15 is 0 Å². The van der Waals surface area contributed by atoms with E-state index in [1.54, 1.807) is 6.07 Å². The summed E-state index contributed by atoms with van der Waals surface area (Å²) in [5.74, 6) is 0.471. The lowest BCUT2D eigenvalue weighted by molar-refractivity contribution is -0.136. The van der Waals surface area contributed by atoms with Crippen molar-refractivity contribution >= 4 is 29.0 Å². The summed E-state index contributed by atoms with van der Waals surface area (Å²) in [6.45, 7) is 4.96. The molecule has 26 heavy (non-hydrogen) atoms. The molecule has 0 aliphatic heterocycles. The third kappa shape index (κ3) is 5.62. The van der Waals surface area contributed by atoms with Gasteiger partial charge in [-0.05, 0) is 42.7 Å². The topological polar surface area (TPSA) is 54.0 Å². The molecule has 0 unspecified atom stereocenters. The van der Waals surface area contributed by atoms with Crippen molar-refractivity contribution in [3.63, 3.8) is 0 Å². The minimum Gasteiger partial charge on any atom is -0.370 e. The van der Waals surface area contributed by atoms with Crippen LogP contribution in [0.1, 0.15) is 36.2 Å². The molecule has 2 N–H and O–H groups in total. The summed E-state index contributed by atoms with van der Waals surface area (Å²) in [6, 6.07) is 6.30. The normalized spacial score (nSPS) is 11.5. The van der Waals surface area contributed by atoms with E-state index in [0.29, 0.717) is 11.7 Å². The van der Waals surface area contributed by atoms with Gasteiger partial charge in [-0.2, -0.15) is 13.2 Å². The number of alkyl halides is 3. The molecule has 1 amide bonds. The smallest absolute Gasteiger partial charge is 0.370 e. The molecule has 2 rings (SSSR count). The first-order valence-electron chi connectivity index (χ1n) is 8.05. The quantitative estimate of drug-likeness (QED) is 0.693. The second-order valence-corrected chi connectivity index (χ2v) is 6.62. The number of hydrogen-bond acceptors (Lipinski definition) is 3. The highest BCUT2D eigenvalue weighted by Crippen LogP contribution is 2.36. The molecule has 8 heteroatoms. The first kappa shape index (κ1) is 20.0. The summed E-state index contributed by atoms with van der Waals surface area (Å²) in [7, 11) is 0. The van der Waals surface area contributed by atoms with E-state index in [4.69, 9.17) is 11.6 Å². The van der Waals surface area contributed by atoms with Gasteiger partial charge in [-0.3, -0.25) is 4.79 Å². The largest absolute Gasteiger partial charge is 0.418 e. The van der Waals surface area contributed by atoms with Crippen LogP contribution < -0.4 is 10.6 Å². The fourth-order valence-electron chi connectivity index (χ4n) is 2.18. The number of halogens is 4. The molecular formula is C18H19ClF3N3O. The van der Waals surface area contributed by atoms with Gasteiger partial charge in [-0.25, -0.2) is 4.98 Å². The molecule has 4 nitrogen and oxygen atoms in total. The van der Waals surface area contributed by atoms with Gasteiger partial charge >= 0.3 is 6.18 Å². The molecule has 2 aromatic rings. The van der Waals surface area contributed by atoms with Crippen molar-refractivity contribution in [2.24, 2.45) is 5.92 Å². The van der Waals surface area contributed by atoms with E-state index in [1.165, 1.54) is 18.3 Å². The number of nitrogens with one attached hydrogen (secondary N) is 2. The van der Waals surface area contributed by atoms with Crippen LogP contribution in [0.5, 0.6) is 0 Å². The van der Waals surface area contributed by atoms with Crippen LogP contribution in [-0.2, 0) is 6.18 Å². The Balaban J connectivity index is 2.09. The Morgan fingerprint density at radius 1 is 1.23 bits per heavy atom. The monoisotopic (exact) mass is 385 g/mol. The van der Waals surface area contributed by atoms with Gasteiger partial charge in [0.2, 0.25) is 0 Å². The number of aromatic nitrogens is 1. The Labute approximate surface area is 154 Å². The maximum Gasteiger partial charge on any atom is 0.418 e. The molecule has 0 radical (unpaired) electrons. The van der Waals surface area contributed by atoms with Crippen LogP contribution in [0.4, 0.5) is 24.7 Å². The standard InChI is InChI=1S/C18H19ClF3N3O/c1-11(2)7-8-23-16-6-3-12(10-24-16)17(26)25-15-5-4-13(19)9-14(15)18(20,21)22/h3-6,9-11H,7-8H2,1-2H3,(H,23,24)(H,25,26). The number of carbonyl (C=O) groups is 1. The van der Waals surface area contributed by atoms with Crippen LogP contribution in [0.2, 0.25) is 5.02 Å². The molecule has 1 aromatic heterocycles. The number of carbonyl (C=O) groups excluding carboxylic acids is 1. The molecule has 0 aliphatic carbocycles. The molecule has 0 spiro atoms. The van der Waals surface area contributed by atoms with E-state index in [1.807, 2.05) is 0 Å². The first-order valence-corrected chi connectivity index (χ1v) is 8.42. The van der Waals surface area contributed by atoms with Crippen LogP contribution in [0.15, 0.2) is 36.5 Å². The van der Waals surface area contributed by atoms with Gasteiger partial charge in [0.15, 0.2) is 0 Å². The number of amides is 1. The molecule has 0 aliphatic rings. The van der Waals surface area contributed by atoms with Gasteiger partial charge in [-0.15, -0.1) is 0 Å². The van der Waals surface area contributed by atoms with E-state index in [9.17, 15) is 18.0 Å². The number of anilines is 2. The average Bonchev–Trinajstić information content (AvgIpc) is 2.56. The Morgan fingerprint density at radius 2 is 1.96 bits per heavy atom. The zero-order valence-electron chi connectivity index (χ0n) is 14.3. The van der Waals surface area contributed by atoms with Crippen LogP contribution in [0.25, 0.3) is 0 Å². The molecular weight excluding hydrogens is 367 g/mol. The van der Waals surface area contributed by atoms with Crippen LogP contribution in [0.3, 0.4) is 0 Å². The molecule has 0 saturated heterocycles. The third-order valence-corrected chi connectivity index (χ3v) is 3.82. The maximum absolute atomic E-state index is 13.1. The fourth-order valence-corrected chi connectivity index (χ4v) is 2.35. The molecule has 1 aromatic carbocycles. The Morgan fingerprint density at radius 3 is 2.54 bits per heavy atom. The minimum atomic E-state index is -4.63. The van der Waals surface area contributed by atoms with E-state index in [-0.39, 0.29) is 16.3 Å². The summed E-state index contributed by atoms with van der Waals surface area (Å²) >= 11 is 5.63. The van der Waals surface area contributed by atoms with Crippen molar-refractivity contribution in [3.05, 3.63) is 52.7 Å². The van der Waals surface area contributed by atoms with E-state index in [0.717, 1.165) is 25.1 Å².